The summed E-state index contributed by atoms with van der Waals surface area (Å²) in [6.07, 6.45) is 2.11. The molecule has 0 saturated heterocycles. The van der Waals surface area contributed by atoms with Crippen LogP contribution in [0.3, 0.4) is 0 Å². The fraction of sp³-hybridized carbons (Fsp3) is 0.143. The molecule has 0 radical (unpaired) electrons. The number of nitro groups is 2. The monoisotopic (exact) mass is 500 g/mol. The van der Waals surface area contributed by atoms with Crippen molar-refractivity contribution in [1.29, 1.82) is 0 Å². The van der Waals surface area contributed by atoms with E-state index in [2.05, 4.69) is 20.0 Å². The predicted octanol–water partition coefficient (Wildman–Crippen LogP) is 4.12. The van der Waals surface area contributed by atoms with Crippen LogP contribution in [0.4, 0.5) is 23.0 Å². The molecule has 13 nitrogen and oxygen atoms in total. The average molecular weight is 500 g/mol. The molecule has 0 unspecified atom stereocenters. The molecule has 1 aromatic heterocycles. The van der Waals surface area contributed by atoms with E-state index in [1.54, 1.807) is 24.3 Å². The normalized spacial score (nSPS) is 12.3. The number of hydrogen-bond donors (Lipinski definition) is 2. The van der Waals surface area contributed by atoms with Crippen LogP contribution in [0.2, 0.25) is 0 Å². The summed E-state index contributed by atoms with van der Waals surface area (Å²) in [6, 6.07) is 10.6. The molecule has 14 heteroatoms. The van der Waals surface area contributed by atoms with E-state index in [0.717, 1.165) is 13.0 Å². The number of benzene rings is 2. The largest absolute Gasteiger partial charge is 0.496 e. The maximum atomic E-state index is 13.0. The summed E-state index contributed by atoms with van der Waals surface area (Å²) in [5, 5.41) is 25.1. The Labute approximate surface area is 199 Å². The van der Waals surface area contributed by atoms with E-state index < -0.39 is 19.9 Å². The van der Waals surface area contributed by atoms with E-state index >= 15 is 0 Å². The zero-order valence-electron chi connectivity index (χ0n) is 18.8. The van der Waals surface area contributed by atoms with E-state index in [1.807, 2.05) is 0 Å². The van der Waals surface area contributed by atoms with Gasteiger partial charge in [0, 0.05) is 25.1 Å². The van der Waals surface area contributed by atoms with Crippen molar-refractivity contribution in [2.45, 2.75) is 13.8 Å². The number of methoxy groups -OCH3 is 1. The second kappa shape index (κ2) is 10.1. The molecule has 0 aliphatic carbocycles. The summed E-state index contributed by atoms with van der Waals surface area (Å²) in [4.78, 5) is 29.3. The van der Waals surface area contributed by atoms with E-state index in [0.29, 0.717) is 11.0 Å². The van der Waals surface area contributed by atoms with Crippen molar-refractivity contribution in [3.63, 3.8) is 0 Å². The van der Waals surface area contributed by atoms with Gasteiger partial charge in [0.05, 0.1) is 44.6 Å². The lowest BCUT2D eigenvalue weighted by atomic mass is 10.2. The van der Waals surface area contributed by atoms with Crippen LogP contribution in [0.1, 0.15) is 13.8 Å². The molecule has 0 atom stereocenters. The zero-order valence-corrected chi connectivity index (χ0v) is 19.6. The third-order valence-corrected chi connectivity index (χ3v) is 6.07. The van der Waals surface area contributed by atoms with Crippen LogP contribution in [0.15, 0.2) is 65.2 Å². The Morgan fingerprint density at radius 3 is 2.23 bits per heavy atom. The number of anilines is 3. The van der Waals surface area contributed by atoms with Crippen molar-refractivity contribution in [1.82, 2.24) is 9.97 Å². The summed E-state index contributed by atoms with van der Waals surface area (Å²) in [6.45, 7) is 2.58. The van der Waals surface area contributed by atoms with Gasteiger partial charge in [0.2, 0.25) is 5.70 Å². The molecular formula is C21H20N6O7S. The van der Waals surface area contributed by atoms with Crippen molar-refractivity contribution >= 4 is 44.1 Å². The van der Waals surface area contributed by atoms with Gasteiger partial charge < -0.3 is 10.1 Å². The van der Waals surface area contributed by atoms with Gasteiger partial charge in [0.1, 0.15) is 5.75 Å². The average Bonchev–Trinajstić information content (AvgIpc) is 2.81. The fourth-order valence-electron chi connectivity index (χ4n) is 2.93. The van der Waals surface area contributed by atoms with Crippen LogP contribution in [0, 0.1) is 20.2 Å². The first-order valence-electron chi connectivity index (χ1n) is 9.93. The van der Waals surface area contributed by atoms with Crippen molar-refractivity contribution in [3.8, 4) is 5.75 Å². The number of nitrogens with one attached hydrogen (secondary N) is 2. The Balaban J connectivity index is 2.11. The number of rotatable bonds is 9. The molecule has 1 heterocycles. The number of hydrogen-bond acceptors (Lipinski definition) is 10. The highest BCUT2D eigenvalue weighted by Crippen LogP contribution is 2.31. The first kappa shape index (κ1) is 25.0. The summed E-state index contributed by atoms with van der Waals surface area (Å²) in [5.74, 6) is -0.0879. The molecular weight excluding hydrogens is 480 g/mol. The molecule has 0 bridgehead atoms. The SMILES string of the molecule is C/C=C(\C=C(/C)[N+](=O)[O-])S(=O)(=O)Nc1nc2ccccc2nc1Nc1cc(OC)cc([N+](=O)[O-])c1. The van der Waals surface area contributed by atoms with Crippen molar-refractivity contribution in [2.75, 3.05) is 17.1 Å². The molecule has 0 aliphatic heterocycles. The first-order chi connectivity index (χ1) is 16.5. The summed E-state index contributed by atoms with van der Waals surface area (Å²) in [7, 11) is -2.97. The van der Waals surface area contributed by atoms with Gasteiger partial charge >= 0.3 is 0 Å². The van der Waals surface area contributed by atoms with Crippen molar-refractivity contribution < 1.29 is 23.0 Å². The number of sulfonamides is 1. The third kappa shape index (κ3) is 5.86. The van der Waals surface area contributed by atoms with Crippen LogP contribution in [-0.4, -0.2) is 35.3 Å². The van der Waals surface area contributed by atoms with Gasteiger partial charge in [-0.2, -0.15) is 0 Å². The molecule has 3 aromatic rings. The third-order valence-electron chi connectivity index (χ3n) is 4.64. The van der Waals surface area contributed by atoms with E-state index in [4.69, 9.17) is 4.74 Å². The highest BCUT2D eigenvalue weighted by molar-refractivity contribution is 7.96. The molecule has 3 rings (SSSR count). The number of aromatic nitrogens is 2. The lowest BCUT2D eigenvalue weighted by molar-refractivity contribution is -0.424. The maximum absolute atomic E-state index is 13.0. The van der Waals surface area contributed by atoms with Crippen LogP contribution in [0.25, 0.3) is 11.0 Å². The Kier molecular flexibility index (Phi) is 7.25. The van der Waals surface area contributed by atoms with Crippen molar-refractivity contribution in [2.24, 2.45) is 0 Å². The van der Waals surface area contributed by atoms with Crippen LogP contribution >= 0.6 is 0 Å². The second-order valence-electron chi connectivity index (χ2n) is 7.05. The van der Waals surface area contributed by atoms with Gasteiger partial charge in [0.25, 0.3) is 15.7 Å². The van der Waals surface area contributed by atoms with Crippen molar-refractivity contribution in [3.05, 3.63) is 85.4 Å². The Morgan fingerprint density at radius 1 is 1.06 bits per heavy atom. The lowest BCUT2D eigenvalue weighted by Gasteiger charge is -2.14. The van der Waals surface area contributed by atoms with E-state index in [-0.39, 0.29) is 39.4 Å². The summed E-state index contributed by atoms with van der Waals surface area (Å²) in [5.41, 5.74) is 0.336. The second-order valence-corrected chi connectivity index (χ2v) is 8.73. The smallest absolute Gasteiger partial charge is 0.275 e. The van der Waals surface area contributed by atoms with Gasteiger partial charge in [-0.1, -0.05) is 18.2 Å². The minimum Gasteiger partial charge on any atom is -0.496 e. The number of ether oxygens (including phenoxy) is 1. The Hall–Kier alpha value is -4.59. The molecule has 2 aromatic carbocycles. The number of nitrogens with zero attached hydrogens (tertiary/aromatic N) is 4. The minimum atomic E-state index is -4.32. The fourth-order valence-corrected chi connectivity index (χ4v) is 4.09. The number of non-ortho nitro benzene ring substituents is 1. The Morgan fingerprint density at radius 2 is 1.69 bits per heavy atom. The number of nitro benzene ring substituents is 1. The summed E-state index contributed by atoms with van der Waals surface area (Å²) < 4.78 is 33.4. The lowest BCUT2D eigenvalue weighted by Crippen LogP contribution is -2.17. The molecule has 0 aliphatic rings. The summed E-state index contributed by atoms with van der Waals surface area (Å²) >= 11 is 0. The topological polar surface area (TPSA) is 179 Å². The van der Waals surface area contributed by atoms with Crippen LogP contribution < -0.4 is 14.8 Å². The zero-order chi connectivity index (χ0) is 25.8. The quantitative estimate of drug-likeness (QED) is 0.246. The Bertz CT molecular complexity index is 1480. The number of allylic oxidation sites excluding steroid dienone is 3. The molecule has 182 valence electrons. The van der Waals surface area contributed by atoms with Crippen LogP contribution in [-0.2, 0) is 10.0 Å². The molecule has 35 heavy (non-hydrogen) atoms. The van der Waals surface area contributed by atoms with Gasteiger partial charge in [-0.25, -0.2) is 18.4 Å². The molecule has 0 fully saturated rings. The van der Waals surface area contributed by atoms with E-state index in [9.17, 15) is 28.6 Å². The molecule has 0 spiro atoms. The highest BCUT2D eigenvalue weighted by atomic mass is 32.2. The maximum Gasteiger partial charge on any atom is 0.275 e. The van der Waals surface area contributed by atoms with Crippen LogP contribution in [0.5, 0.6) is 5.75 Å². The standard InChI is InChI=1S/C21H20N6O7S/c1-4-17(9-13(2)26(28)29)35(32,33)25-21-20(23-18-7-5-6-8-19(18)24-21)22-14-10-15(27(30)31)12-16(11-14)34-3/h4-12H,1-3H3,(H,22,23)(H,24,25)/b13-9+,17-4+. The van der Waals surface area contributed by atoms with Gasteiger partial charge in [-0.05, 0) is 19.1 Å². The number of para-hydroxylation sites is 2. The molecule has 0 amide bonds. The first-order valence-corrected chi connectivity index (χ1v) is 11.4. The number of fused-ring (bicyclic) bond motifs is 1. The minimum absolute atomic E-state index is 0.0553. The van der Waals surface area contributed by atoms with E-state index in [1.165, 1.54) is 38.3 Å². The van der Waals surface area contributed by atoms with Gasteiger partial charge in [-0.15, -0.1) is 0 Å². The molecule has 0 saturated carbocycles. The molecule has 2 N–H and O–H groups in total. The van der Waals surface area contributed by atoms with Gasteiger partial charge in [-0.3, -0.25) is 25.0 Å². The van der Waals surface area contributed by atoms with Gasteiger partial charge in [0.15, 0.2) is 11.6 Å². The highest BCUT2D eigenvalue weighted by Gasteiger charge is 2.22. The predicted molar refractivity (Wildman–Crippen MR) is 130 cm³/mol.